The smallest absolute Gasteiger partial charge is 0.241 e. The van der Waals surface area contributed by atoms with E-state index >= 15 is 0 Å². The van der Waals surface area contributed by atoms with Crippen molar-refractivity contribution in [3.05, 3.63) is 0 Å². The van der Waals surface area contributed by atoms with Gasteiger partial charge in [0.1, 0.15) is 0 Å². The molecule has 0 saturated carbocycles. The van der Waals surface area contributed by atoms with Crippen molar-refractivity contribution in [3.63, 3.8) is 0 Å². The Hall–Kier alpha value is -0.610. The maximum atomic E-state index is 12.9. The van der Waals surface area contributed by atoms with E-state index < -0.39 is 0 Å². The lowest BCUT2D eigenvalue weighted by Crippen LogP contribution is -2.53. The molecule has 4 heteroatoms. The average Bonchev–Trinajstić information content (AvgIpc) is 2.70. The van der Waals surface area contributed by atoms with Crippen LogP contribution in [0.2, 0.25) is 0 Å². The lowest BCUT2D eigenvalue weighted by Gasteiger charge is -2.38. The van der Waals surface area contributed by atoms with E-state index in [0.29, 0.717) is 17.7 Å². The van der Waals surface area contributed by atoms with Crippen LogP contribution in [0, 0.1) is 11.8 Å². The Kier molecular flexibility index (Phi) is 7.14. The Bertz CT molecular complexity index is 328. The number of nitrogens with zero attached hydrogens (tertiary/aromatic N) is 2. The molecule has 4 nitrogen and oxygen atoms in total. The first-order valence-corrected chi connectivity index (χ1v) is 8.52. The maximum absolute atomic E-state index is 12.9. The standard InChI is InChI=1S/C17H35N3O/c1-8-9-10-14-17(21)20(16(18-14)13(4)5)15(12(2)3)11-19(6)7/h12-16,18H,8-11H2,1-7H3. The van der Waals surface area contributed by atoms with Crippen LogP contribution in [0.1, 0.15) is 53.9 Å². The highest BCUT2D eigenvalue weighted by atomic mass is 16.2. The molecule has 0 bridgehead atoms. The Morgan fingerprint density at radius 3 is 2.29 bits per heavy atom. The second-order valence-corrected chi connectivity index (χ2v) is 7.37. The molecule has 1 saturated heterocycles. The van der Waals surface area contributed by atoms with Crippen LogP contribution in [0.25, 0.3) is 0 Å². The maximum Gasteiger partial charge on any atom is 0.241 e. The summed E-state index contributed by atoms with van der Waals surface area (Å²) in [6.07, 6.45) is 3.39. The summed E-state index contributed by atoms with van der Waals surface area (Å²) in [6.45, 7) is 12.0. The van der Waals surface area contributed by atoms with Crippen LogP contribution in [-0.2, 0) is 4.79 Å². The summed E-state index contributed by atoms with van der Waals surface area (Å²) < 4.78 is 0. The number of amides is 1. The lowest BCUT2D eigenvalue weighted by molar-refractivity contribution is -0.134. The number of carbonyl (C=O) groups excluding carboxylic acids is 1. The minimum atomic E-state index is 0.0146. The third-order valence-corrected chi connectivity index (χ3v) is 4.38. The Morgan fingerprint density at radius 2 is 1.86 bits per heavy atom. The first-order valence-electron chi connectivity index (χ1n) is 8.52. The first kappa shape index (κ1) is 18.4. The van der Waals surface area contributed by atoms with Gasteiger partial charge in [0.05, 0.1) is 12.2 Å². The highest BCUT2D eigenvalue weighted by Gasteiger charge is 2.43. The van der Waals surface area contributed by atoms with E-state index in [1.165, 1.54) is 0 Å². The molecule has 0 aromatic rings. The van der Waals surface area contributed by atoms with Crippen LogP contribution < -0.4 is 5.32 Å². The molecule has 1 aliphatic heterocycles. The van der Waals surface area contributed by atoms with Crippen LogP contribution in [0.5, 0.6) is 0 Å². The van der Waals surface area contributed by atoms with Crippen molar-refractivity contribution >= 4 is 5.91 Å². The van der Waals surface area contributed by atoms with Crippen molar-refractivity contribution < 1.29 is 4.79 Å². The molecule has 124 valence electrons. The fraction of sp³-hybridized carbons (Fsp3) is 0.941. The van der Waals surface area contributed by atoms with E-state index in [-0.39, 0.29) is 18.2 Å². The van der Waals surface area contributed by atoms with Gasteiger partial charge in [-0.3, -0.25) is 10.1 Å². The van der Waals surface area contributed by atoms with Crippen molar-refractivity contribution in [3.8, 4) is 0 Å². The Morgan fingerprint density at radius 1 is 1.24 bits per heavy atom. The summed E-state index contributed by atoms with van der Waals surface area (Å²) in [7, 11) is 4.17. The molecule has 0 radical (unpaired) electrons. The lowest BCUT2D eigenvalue weighted by atomic mass is 9.99. The van der Waals surface area contributed by atoms with Gasteiger partial charge >= 0.3 is 0 Å². The van der Waals surface area contributed by atoms with Gasteiger partial charge in [0.15, 0.2) is 0 Å². The fourth-order valence-electron chi connectivity index (χ4n) is 3.17. The van der Waals surface area contributed by atoms with Gasteiger partial charge in [0.2, 0.25) is 5.91 Å². The minimum absolute atomic E-state index is 0.0146. The van der Waals surface area contributed by atoms with Gasteiger partial charge in [-0.25, -0.2) is 0 Å². The third kappa shape index (κ3) is 4.68. The van der Waals surface area contributed by atoms with E-state index in [1.807, 2.05) is 0 Å². The molecule has 21 heavy (non-hydrogen) atoms. The molecule has 3 atom stereocenters. The van der Waals surface area contributed by atoms with Crippen molar-refractivity contribution in [1.82, 2.24) is 15.1 Å². The summed E-state index contributed by atoms with van der Waals surface area (Å²) in [4.78, 5) is 17.2. The predicted octanol–water partition coefficient (Wildman–Crippen LogP) is 2.55. The van der Waals surface area contributed by atoms with Gasteiger partial charge in [0.25, 0.3) is 0 Å². The third-order valence-electron chi connectivity index (χ3n) is 4.38. The second-order valence-electron chi connectivity index (χ2n) is 7.37. The molecule has 3 unspecified atom stereocenters. The highest BCUT2D eigenvalue weighted by Crippen LogP contribution is 2.26. The van der Waals surface area contributed by atoms with Gasteiger partial charge < -0.3 is 9.80 Å². The van der Waals surface area contributed by atoms with E-state index in [1.54, 1.807) is 0 Å². The molecule has 0 spiro atoms. The molecule has 1 rings (SSSR count). The quantitative estimate of drug-likeness (QED) is 0.748. The summed E-state index contributed by atoms with van der Waals surface area (Å²) in [5, 5.41) is 3.59. The largest absolute Gasteiger partial charge is 0.321 e. The van der Waals surface area contributed by atoms with E-state index in [0.717, 1.165) is 25.8 Å². The molecular formula is C17H35N3O. The molecule has 1 heterocycles. The Balaban J connectivity index is 2.94. The van der Waals surface area contributed by atoms with Crippen molar-refractivity contribution in [2.45, 2.75) is 72.1 Å². The molecule has 1 aliphatic rings. The van der Waals surface area contributed by atoms with Gasteiger partial charge in [-0.2, -0.15) is 0 Å². The number of likely N-dealkylation sites (N-methyl/N-ethyl adjacent to an activating group) is 1. The van der Waals surface area contributed by atoms with Gasteiger partial charge in [-0.05, 0) is 32.4 Å². The van der Waals surface area contributed by atoms with Crippen molar-refractivity contribution in [1.29, 1.82) is 0 Å². The molecule has 1 fully saturated rings. The average molecular weight is 297 g/mol. The van der Waals surface area contributed by atoms with Gasteiger partial charge in [0, 0.05) is 12.6 Å². The molecular weight excluding hydrogens is 262 g/mol. The predicted molar refractivity (Wildman–Crippen MR) is 89.1 cm³/mol. The van der Waals surface area contributed by atoms with Crippen LogP contribution >= 0.6 is 0 Å². The van der Waals surface area contributed by atoms with Crippen LogP contribution in [0.15, 0.2) is 0 Å². The van der Waals surface area contributed by atoms with Crippen molar-refractivity contribution in [2.75, 3.05) is 20.6 Å². The minimum Gasteiger partial charge on any atom is -0.321 e. The van der Waals surface area contributed by atoms with Crippen molar-refractivity contribution in [2.24, 2.45) is 11.8 Å². The zero-order valence-corrected chi connectivity index (χ0v) is 15.0. The zero-order valence-electron chi connectivity index (χ0n) is 15.0. The highest BCUT2D eigenvalue weighted by molar-refractivity contribution is 5.84. The number of carbonyl (C=O) groups is 1. The Labute approximate surface area is 131 Å². The zero-order chi connectivity index (χ0) is 16.2. The van der Waals surface area contributed by atoms with Crippen LogP contribution in [0.3, 0.4) is 0 Å². The summed E-state index contributed by atoms with van der Waals surface area (Å²) >= 11 is 0. The van der Waals surface area contributed by atoms with E-state index in [9.17, 15) is 4.79 Å². The van der Waals surface area contributed by atoms with Gasteiger partial charge in [-0.15, -0.1) is 0 Å². The van der Waals surface area contributed by atoms with Gasteiger partial charge in [-0.1, -0.05) is 47.5 Å². The number of rotatable bonds is 8. The first-order chi connectivity index (χ1) is 9.79. The topological polar surface area (TPSA) is 35.6 Å². The van der Waals surface area contributed by atoms with E-state index in [4.69, 9.17) is 0 Å². The fourth-order valence-corrected chi connectivity index (χ4v) is 3.17. The molecule has 1 amide bonds. The van der Waals surface area contributed by atoms with Crippen LogP contribution in [-0.4, -0.2) is 54.6 Å². The van der Waals surface area contributed by atoms with E-state index in [2.05, 4.69) is 63.8 Å². The number of hydrogen-bond donors (Lipinski definition) is 1. The molecule has 0 aliphatic carbocycles. The molecule has 1 N–H and O–H groups in total. The number of unbranched alkanes of at least 4 members (excludes halogenated alkanes) is 1. The normalized spacial score (nSPS) is 24.7. The summed E-state index contributed by atoms with van der Waals surface area (Å²) in [5.41, 5.74) is 0. The summed E-state index contributed by atoms with van der Waals surface area (Å²) in [6, 6.07) is 0.291. The number of nitrogens with one attached hydrogen (secondary N) is 1. The number of hydrogen-bond acceptors (Lipinski definition) is 3. The second kappa shape index (κ2) is 8.14. The summed E-state index contributed by atoms with van der Waals surface area (Å²) in [5.74, 6) is 1.20. The SMILES string of the molecule is CCCCC1NC(C(C)C)N(C(CN(C)C)C(C)C)C1=O. The van der Waals surface area contributed by atoms with Crippen LogP contribution in [0.4, 0.5) is 0 Å². The molecule has 0 aromatic heterocycles. The molecule has 0 aromatic carbocycles. The monoisotopic (exact) mass is 297 g/mol.